The van der Waals surface area contributed by atoms with E-state index in [-0.39, 0.29) is 0 Å². The number of halogens is 2. The SMILES string of the molecule is N[S@@+]([O-])c1ccc(Cl)c(Cl)c1. The van der Waals surface area contributed by atoms with Crippen molar-refractivity contribution in [3.8, 4) is 0 Å². The van der Waals surface area contributed by atoms with Crippen molar-refractivity contribution >= 4 is 34.6 Å². The van der Waals surface area contributed by atoms with Gasteiger partial charge < -0.3 is 4.55 Å². The fraction of sp³-hybridized carbons (Fsp3) is 0. The predicted octanol–water partition coefficient (Wildman–Crippen LogP) is 1.97. The zero-order chi connectivity index (χ0) is 8.43. The molecule has 11 heavy (non-hydrogen) atoms. The molecule has 0 bridgehead atoms. The van der Waals surface area contributed by atoms with Gasteiger partial charge in [0.25, 0.3) is 0 Å². The van der Waals surface area contributed by atoms with Crippen LogP contribution in [0.5, 0.6) is 0 Å². The van der Waals surface area contributed by atoms with Crippen LogP contribution in [0.3, 0.4) is 0 Å². The van der Waals surface area contributed by atoms with Crippen molar-refractivity contribution in [1.82, 2.24) is 0 Å². The lowest BCUT2D eigenvalue weighted by Gasteiger charge is -2.02. The molecule has 0 heterocycles. The molecule has 0 saturated heterocycles. The van der Waals surface area contributed by atoms with Crippen molar-refractivity contribution in [2.45, 2.75) is 4.90 Å². The van der Waals surface area contributed by atoms with Crippen LogP contribution in [0, 0.1) is 0 Å². The number of benzene rings is 1. The summed E-state index contributed by atoms with van der Waals surface area (Å²) in [6.45, 7) is 0. The summed E-state index contributed by atoms with van der Waals surface area (Å²) in [5.74, 6) is 0. The lowest BCUT2D eigenvalue weighted by Crippen LogP contribution is -2.11. The predicted molar refractivity (Wildman–Crippen MR) is 47.1 cm³/mol. The van der Waals surface area contributed by atoms with E-state index in [2.05, 4.69) is 0 Å². The van der Waals surface area contributed by atoms with Crippen LogP contribution >= 0.6 is 23.2 Å². The second-order valence-corrected chi connectivity index (χ2v) is 3.75. The van der Waals surface area contributed by atoms with Gasteiger partial charge in [0.05, 0.1) is 21.4 Å². The normalized spacial score (nSPS) is 13.1. The van der Waals surface area contributed by atoms with Crippen LogP contribution in [0.15, 0.2) is 23.1 Å². The highest BCUT2D eigenvalue weighted by Gasteiger charge is 2.07. The van der Waals surface area contributed by atoms with E-state index in [4.69, 9.17) is 28.3 Å². The van der Waals surface area contributed by atoms with Gasteiger partial charge in [-0.1, -0.05) is 23.2 Å². The van der Waals surface area contributed by atoms with Crippen LogP contribution in [0.2, 0.25) is 10.0 Å². The summed E-state index contributed by atoms with van der Waals surface area (Å²) >= 11 is 9.76. The van der Waals surface area contributed by atoms with E-state index in [1.54, 1.807) is 12.1 Å². The number of hydrogen-bond donors (Lipinski definition) is 1. The standard InChI is InChI=1S/C6H5Cl2NOS/c7-5-2-1-4(11(9)10)3-6(5)8/h1-3H,9H2/t11-/m0/s1. The van der Waals surface area contributed by atoms with Crippen molar-refractivity contribution in [2.75, 3.05) is 0 Å². The van der Waals surface area contributed by atoms with Crippen molar-refractivity contribution in [3.05, 3.63) is 28.2 Å². The highest BCUT2D eigenvalue weighted by molar-refractivity contribution is 7.89. The molecule has 2 N–H and O–H groups in total. The molecule has 1 aromatic rings. The maximum atomic E-state index is 10.7. The molecule has 0 spiro atoms. The highest BCUT2D eigenvalue weighted by Crippen LogP contribution is 2.23. The van der Waals surface area contributed by atoms with Gasteiger partial charge in [0.1, 0.15) is 0 Å². The van der Waals surface area contributed by atoms with Gasteiger partial charge in [-0.05, 0) is 12.1 Å². The van der Waals surface area contributed by atoms with Gasteiger partial charge in [0, 0.05) is 6.07 Å². The molecular weight excluding hydrogens is 205 g/mol. The molecule has 60 valence electrons. The average molecular weight is 210 g/mol. The van der Waals surface area contributed by atoms with E-state index in [1.807, 2.05) is 0 Å². The van der Waals surface area contributed by atoms with E-state index >= 15 is 0 Å². The zero-order valence-corrected chi connectivity index (χ0v) is 7.71. The van der Waals surface area contributed by atoms with Crippen molar-refractivity contribution in [2.24, 2.45) is 5.14 Å². The molecule has 1 aromatic carbocycles. The van der Waals surface area contributed by atoms with E-state index in [0.29, 0.717) is 14.9 Å². The third kappa shape index (κ3) is 2.25. The molecule has 0 aliphatic rings. The van der Waals surface area contributed by atoms with E-state index in [0.717, 1.165) is 0 Å². The monoisotopic (exact) mass is 209 g/mol. The molecular formula is C6H5Cl2NOS. The molecule has 1 rings (SSSR count). The van der Waals surface area contributed by atoms with Crippen molar-refractivity contribution < 1.29 is 4.55 Å². The van der Waals surface area contributed by atoms with Crippen LogP contribution in [-0.2, 0) is 11.4 Å². The number of hydrogen-bond acceptors (Lipinski definition) is 2. The highest BCUT2D eigenvalue weighted by atomic mass is 35.5. The Morgan fingerprint density at radius 1 is 1.27 bits per heavy atom. The van der Waals surface area contributed by atoms with E-state index < -0.39 is 11.4 Å². The second kappa shape index (κ2) is 3.65. The summed E-state index contributed by atoms with van der Waals surface area (Å²) in [4.78, 5) is 0.472. The summed E-state index contributed by atoms with van der Waals surface area (Å²) in [5.41, 5.74) is 0. The first-order chi connectivity index (χ1) is 5.11. The van der Waals surface area contributed by atoms with Crippen LogP contribution in [0.25, 0.3) is 0 Å². The van der Waals surface area contributed by atoms with Crippen LogP contribution in [0.4, 0.5) is 0 Å². The number of rotatable bonds is 1. The van der Waals surface area contributed by atoms with Crippen LogP contribution < -0.4 is 5.14 Å². The van der Waals surface area contributed by atoms with Gasteiger partial charge in [0.2, 0.25) is 0 Å². The minimum Gasteiger partial charge on any atom is -0.593 e. The zero-order valence-electron chi connectivity index (χ0n) is 5.38. The Labute approximate surface area is 77.6 Å². The molecule has 2 nitrogen and oxygen atoms in total. The first-order valence-corrected chi connectivity index (χ1v) is 4.69. The van der Waals surface area contributed by atoms with E-state index in [9.17, 15) is 4.55 Å². The Morgan fingerprint density at radius 2 is 1.91 bits per heavy atom. The Balaban J connectivity index is 3.05. The fourth-order valence-corrected chi connectivity index (χ4v) is 1.40. The van der Waals surface area contributed by atoms with Gasteiger partial charge in [-0.3, -0.25) is 0 Å². The van der Waals surface area contributed by atoms with Crippen LogP contribution in [-0.4, -0.2) is 4.55 Å². The number of nitrogens with two attached hydrogens (primary N) is 1. The lowest BCUT2D eigenvalue weighted by molar-refractivity contribution is 0.597. The summed E-state index contributed by atoms with van der Waals surface area (Å²) in [6.07, 6.45) is 0. The summed E-state index contributed by atoms with van der Waals surface area (Å²) < 4.78 is 10.7. The topological polar surface area (TPSA) is 49.1 Å². The van der Waals surface area contributed by atoms with Gasteiger partial charge in [0.15, 0.2) is 4.90 Å². The summed E-state index contributed by atoms with van der Waals surface area (Å²) in [7, 11) is 0. The Bertz CT molecular complexity index is 267. The van der Waals surface area contributed by atoms with Crippen LogP contribution in [0.1, 0.15) is 0 Å². The smallest absolute Gasteiger partial charge is 0.175 e. The quantitative estimate of drug-likeness (QED) is 0.720. The minimum atomic E-state index is -1.49. The van der Waals surface area contributed by atoms with Gasteiger partial charge >= 0.3 is 0 Å². The third-order valence-electron chi connectivity index (χ3n) is 1.12. The lowest BCUT2D eigenvalue weighted by atomic mass is 10.4. The Hall–Kier alpha value is 0.0700. The van der Waals surface area contributed by atoms with Crippen molar-refractivity contribution in [1.29, 1.82) is 0 Å². The molecule has 1 atom stereocenters. The summed E-state index contributed by atoms with van der Waals surface area (Å²) in [5, 5.41) is 5.90. The molecule has 0 radical (unpaired) electrons. The van der Waals surface area contributed by atoms with Gasteiger partial charge in [-0.15, -0.1) is 5.14 Å². The fourth-order valence-electron chi connectivity index (χ4n) is 0.602. The average Bonchev–Trinajstić information content (AvgIpc) is 1.94. The molecule has 0 amide bonds. The largest absolute Gasteiger partial charge is 0.593 e. The maximum absolute atomic E-state index is 10.7. The molecule has 0 fully saturated rings. The molecule has 0 aliphatic heterocycles. The summed E-state index contributed by atoms with van der Waals surface area (Å²) in [6, 6.07) is 4.62. The first kappa shape index (κ1) is 9.16. The molecule has 0 aliphatic carbocycles. The minimum absolute atomic E-state index is 0.364. The Kier molecular flexibility index (Phi) is 3.04. The van der Waals surface area contributed by atoms with Gasteiger partial charge in [-0.2, -0.15) is 0 Å². The van der Waals surface area contributed by atoms with Gasteiger partial charge in [-0.25, -0.2) is 0 Å². The second-order valence-electron chi connectivity index (χ2n) is 1.87. The molecule has 0 unspecified atom stereocenters. The molecule has 0 aromatic heterocycles. The molecule has 0 saturated carbocycles. The molecule has 5 heteroatoms. The first-order valence-electron chi connectivity index (χ1n) is 2.72. The Morgan fingerprint density at radius 3 is 2.36 bits per heavy atom. The third-order valence-corrected chi connectivity index (χ3v) is 2.58. The maximum Gasteiger partial charge on any atom is 0.175 e. The van der Waals surface area contributed by atoms with E-state index in [1.165, 1.54) is 6.07 Å². The van der Waals surface area contributed by atoms with Crippen molar-refractivity contribution in [3.63, 3.8) is 0 Å².